The number of anilines is 1. The Morgan fingerprint density at radius 1 is 1.05 bits per heavy atom. The van der Waals surface area contributed by atoms with Crippen LogP contribution in [0, 0.1) is 5.92 Å². The third kappa shape index (κ3) is 3.79. The molecule has 3 unspecified atom stereocenters. The Morgan fingerprint density at radius 3 is 2.62 bits per heavy atom. The molecule has 1 saturated heterocycles. The molecule has 1 saturated carbocycles. The summed E-state index contributed by atoms with van der Waals surface area (Å²) in [6.07, 6.45) is 10.7. The van der Waals surface area contributed by atoms with Crippen LogP contribution in [0.15, 0.2) is 24.3 Å². The summed E-state index contributed by atoms with van der Waals surface area (Å²) in [7, 11) is 0. The van der Waals surface area contributed by atoms with Gasteiger partial charge in [0.2, 0.25) is 0 Å². The quantitative estimate of drug-likeness (QED) is 0.840. The van der Waals surface area contributed by atoms with E-state index in [0.717, 1.165) is 12.0 Å². The van der Waals surface area contributed by atoms with Gasteiger partial charge in [-0.3, -0.25) is 0 Å². The maximum Gasteiger partial charge on any atom is 0.0342 e. The molecule has 2 fully saturated rings. The van der Waals surface area contributed by atoms with Crippen molar-refractivity contribution in [2.24, 2.45) is 5.92 Å². The van der Waals surface area contributed by atoms with Crippen LogP contribution in [-0.4, -0.2) is 18.6 Å². The maximum atomic E-state index is 3.82. The highest BCUT2D eigenvalue weighted by atomic mass is 15.0. The van der Waals surface area contributed by atoms with Gasteiger partial charge in [0.25, 0.3) is 0 Å². The van der Waals surface area contributed by atoms with Crippen LogP contribution in [0.25, 0.3) is 0 Å². The lowest BCUT2D eigenvalue weighted by Crippen LogP contribution is -2.44. The third-order valence-electron chi connectivity index (χ3n) is 5.28. The highest BCUT2D eigenvalue weighted by molar-refractivity contribution is 5.46. The summed E-state index contributed by atoms with van der Waals surface area (Å²) < 4.78 is 0. The van der Waals surface area contributed by atoms with E-state index in [0.29, 0.717) is 6.04 Å². The summed E-state index contributed by atoms with van der Waals surface area (Å²) in [6, 6.07) is 10.5. The topological polar surface area (TPSA) is 24.1 Å². The molecule has 0 spiro atoms. The SMILES string of the molecule is CCCc1ccc(NC2CCCC2C2CCCCN2)cc1. The first-order chi connectivity index (χ1) is 10.4. The van der Waals surface area contributed by atoms with Gasteiger partial charge in [-0.25, -0.2) is 0 Å². The largest absolute Gasteiger partial charge is 0.382 e. The summed E-state index contributed by atoms with van der Waals surface area (Å²) in [5.74, 6) is 0.820. The van der Waals surface area contributed by atoms with Gasteiger partial charge < -0.3 is 10.6 Å². The Kier molecular flexibility index (Phi) is 5.18. The van der Waals surface area contributed by atoms with Crippen molar-refractivity contribution >= 4 is 5.69 Å². The second-order valence-corrected chi connectivity index (χ2v) is 6.85. The number of hydrogen-bond donors (Lipinski definition) is 2. The van der Waals surface area contributed by atoms with E-state index < -0.39 is 0 Å². The van der Waals surface area contributed by atoms with Crippen molar-refractivity contribution in [3.8, 4) is 0 Å². The van der Waals surface area contributed by atoms with Crippen molar-refractivity contribution in [3.63, 3.8) is 0 Å². The van der Waals surface area contributed by atoms with E-state index in [1.807, 2.05) is 0 Å². The predicted octanol–water partition coefficient (Wildman–Crippen LogP) is 4.36. The minimum Gasteiger partial charge on any atom is -0.382 e. The van der Waals surface area contributed by atoms with E-state index in [9.17, 15) is 0 Å². The molecule has 2 heteroatoms. The lowest BCUT2D eigenvalue weighted by atomic mass is 9.88. The minimum absolute atomic E-state index is 0.664. The molecule has 1 aliphatic heterocycles. The van der Waals surface area contributed by atoms with Crippen molar-refractivity contribution in [1.29, 1.82) is 0 Å². The van der Waals surface area contributed by atoms with Crippen LogP contribution in [-0.2, 0) is 6.42 Å². The Hall–Kier alpha value is -1.02. The van der Waals surface area contributed by atoms with Crippen LogP contribution in [0.4, 0.5) is 5.69 Å². The van der Waals surface area contributed by atoms with Gasteiger partial charge in [-0.1, -0.05) is 38.3 Å². The molecule has 0 amide bonds. The summed E-state index contributed by atoms with van der Waals surface area (Å²) in [5, 5.41) is 7.58. The van der Waals surface area contributed by atoms with Gasteiger partial charge in [-0.15, -0.1) is 0 Å². The Balaban J connectivity index is 1.60. The Labute approximate surface area is 129 Å². The van der Waals surface area contributed by atoms with Crippen molar-refractivity contribution in [1.82, 2.24) is 5.32 Å². The molecular weight excluding hydrogens is 256 g/mol. The second kappa shape index (κ2) is 7.31. The second-order valence-electron chi connectivity index (χ2n) is 6.85. The van der Waals surface area contributed by atoms with Gasteiger partial charge in [0.05, 0.1) is 0 Å². The first kappa shape index (κ1) is 14.9. The summed E-state index contributed by atoms with van der Waals surface area (Å²) >= 11 is 0. The number of piperidine rings is 1. The van der Waals surface area contributed by atoms with Gasteiger partial charge in [0.1, 0.15) is 0 Å². The highest BCUT2D eigenvalue weighted by Crippen LogP contribution is 2.33. The molecule has 2 aliphatic rings. The predicted molar refractivity (Wildman–Crippen MR) is 90.8 cm³/mol. The molecule has 0 radical (unpaired) electrons. The zero-order valence-electron chi connectivity index (χ0n) is 13.4. The monoisotopic (exact) mass is 286 g/mol. The third-order valence-corrected chi connectivity index (χ3v) is 5.28. The minimum atomic E-state index is 0.664. The van der Waals surface area contributed by atoms with E-state index in [-0.39, 0.29) is 0 Å². The normalized spacial score (nSPS) is 29.5. The zero-order chi connectivity index (χ0) is 14.5. The number of aryl methyl sites for hydroxylation is 1. The van der Waals surface area contributed by atoms with Crippen LogP contribution in [0.3, 0.4) is 0 Å². The fraction of sp³-hybridized carbons (Fsp3) is 0.684. The lowest BCUT2D eigenvalue weighted by Gasteiger charge is -2.33. The molecule has 3 atom stereocenters. The molecule has 1 heterocycles. The van der Waals surface area contributed by atoms with Crippen molar-refractivity contribution in [2.75, 3.05) is 11.9 Å². The number of hydrogen-bond acceptors (Lipinski definition) is 2. The number of nitrogens with one attached hydrogen (secondary N) is 2. The molecule has 116 valence electrons. The van der Waals surface area contributed by atoms with Gasteiger partial charge in [0, 0.05) is 17.8 Å². The van der Waals surface area contributed by atoms with Gasteiger partial charge >= 0.3 is 0 Å². The number of rotatable bonds is 5. The molecule has 3 rings (SSSR count). The molecule has 2 N–H and O–H groups in total. The summed E-state index contributed by atoms with van der Waals surface area (Å²) in [4.78, 5) is 0. The molecule has 1 aromatic rings. The fourth-order valence-corrected chi connectivity index (χ4v) is 4.16. The van der Waals surface area contributed by atoms with Crippen LogP contribution >= 0.6 is 0 Å². The van der Waals surface area contributed by atoms with Gasteiger partial charge in [-0.2, -0.15) is 0 Å². The molecule has 1 aromatic carbocycles. The Morgan fingerprint density at radius 2 is 1.90 bits per heavy atom. The average molecular weight is 286 g/mol. The van der Waals surface area contributed by atoms with Gasteiger partial charge in [-0.05, 0) is 62.3 Å². The molecule has 1 aliphatic carbocycles. The van der Waals surface area contributed by atoms with E-state index in [2.05, 4.69) is 41.8 Å². The summed E-state index contributed by atoms with van der Waals surface area (Å²) in [6.45, 7) is 3.46. The van der Waals surface area contributed by atoms with Crippen LogP contribution in [0.2, 0.25) is 0 Å². The van der Waals surface area contributed by atoms with Crippen LogP contribution < -0.4 is 10.6 Å². The van der Waals surface area contributed by atoms with Crippen LogP contribution in [0.1, 0.15) is 57.4 Å². The molecule has 2 nitrogen and oxygen atoms in total. The Bertz CT molecular complexity index is 420. The smallest absolute Gasteiger partial charge is 0.0342 e. The molecule has 0 aromatic heterocycles. The maximum absolute atomic E-state index is 3.82. The molecular formula is C19H30N2. The zero-order valence-corrected chi connectivity index (χ0v) is 13.4. The van der Waals surface area contributed by atoms with Gasteiger partial charge in [0.15, 0.2) is 0 Å². The molecule has 0 bridgehead atoms. The van der Waals surface area contributed by atoms with Crippen molar-refractivity contribution < 1.29 is 0 Å². The first-order valence-electron chi connectivity index (χ1n) is 8.95. The fourth-order valence-electron chi connectivity index (χ4n) is 4.16. The van der Waals surface area contributed by atoms with E-state index in [4.69, 9.17) is 0 Å². The number of benzene rings is 1. The van der Waals surface area contributed by atoms with E-state index in [1.165, 1.54) is 69.2 Å². The average Bonchev–Trinajstić information content (AvgIpc) is 2.98. The summed E-state index contributed by atoms with van der Waals surface area (Å²) in [5.41, 5.74) is 2.77. The lowest BCUT2D eigenvalue weighted by molar-refractivity contribution is 0.286. The highest BCUT2D eigenvalue weighted by Gasteiger charge is 2.34. The first-order valence-corrected chi connectivity index (χ1v) is 8.95. The van der Waals surface area contributed by atoms with Crippen molar-refractivity contribution in [3.05, 3.63) is 29.8 Å². The molecule has 21 heavy (non-hydrogen) atoms. The standard InChI is InChI=1S/C19H30N2/c1-2-6-15-10-12-16(13-11-15)21-19-9-5-7-17(19)18-8-3-4-14-20-18/h10-13,17-21H,2-9,14H2,1H3. The van der Waals surface area contributed by atoms with E-state index in [1.54, 1.807) is 0 Å². The van der Waals surface area contributed by atoms with Crippen molar-refractivity contribution in [2.45, 2.75) is 70.4 Å². The van der Waals surface area contributed by atoms with Crippen LogP contribution in [0.5, 0.6) is 0 Å². The van der Waals surface area contributed by atoms with E-state index >= 15 is 0 Å².